The first kappa shape index (κ1) is 13.1. The molecule has 0 aliphatic rings. The predicted molar refractivity (Wildman–Crippen MR) is 71.3 cm³/mol. The van der Waals surface area contributed by atoms with Gasteiger partial charge in [0.15, 0.2) is 0 Å². The molecule has 0 saturated carbocycles. The summed E-state index contributed by atoms with van der Waals surface area (Å²) in [6.07, 6.45) is -0.469. The van der Waals surface area contributed by atoms with Crippen molar-refractivity contribution in [1.82, 2.24) is 0 Å². The van der Waals surface area contributed by atoms with E-state index in [1.165, 1.54) is 6.07 Å². The minimum Gasteiger partial charge on any atom is -0.388 e. The van der Waals surface area contributed by atoms with E-state index in [0.717, 1.165) is 11.1 Å². The molecule has 94 valence electrons. The molecule has 0 heterocycles. The Bertz CT molecular complexity index is 537. The molecular formula is C15H14ClFO. The van der Waals surface area contributed by atoms with Crippen LogP contribution in [0, 0.1) is 12.7 Å². The number of hydrogen-bond acceptors (Lipinski definition) is 1. The molecule has 0 aromatic heterocycles. The van der Waals surface area contributed by atoms with Gasteiger partial charge in [0.2, 0.25) is 0 Å². The van der Waals surface area contributed by atoms with E-state index in [2.05, 4.69) is 0 Å². The second-order valence-corrected chi connectivity index (χ2v) is 4.81. The van der Waals surface area contributed by atoms with Gasteiger partial charge in [-0.3, -0.25) is 0 Å². The van der Waals surface area contributed by atoms with E-state index in [1.807, 2.05) is 19.1 Å². The summed E-state index contributed by atoms with van der Waals surface area (Å²) in [6, 6.07) is 12.0. The van der Waals surface area contributed by atoms with Gasteiger partial charge >= 0.3 is 0 Å². The molecule has 0 aliphatic carbocycles. The van der Waals surface area contributed by atoms with Crippen molar-refractivity contribution in [2.24, 2.45) is 0 Å². The molecule has 2 aromatic rings. The highest BCUT2D eigenvalue weighted by Crippen LogP contribution is 2.22. The summed E-state index contributed by atoms with van der Waals surface area (Å²) < 4.78 is 13.7. The Kier molecular flexibility index (Phi) is 4.00. The van der Waals surface area contributed by atoms with Crippen molar-refractivity contribution in [3.63, 3.8) is 0 Å². The zero-order valence-corrected chi connectivity index (χ0v) is 10.8. The van der Waals surface area contributed by atoms with Crippen molar-refractivity contribution in [2.75, 3.05) is 0 Å². The molecule has 1 unspecified atom stereocenters. The van der Waals surface area contributed by atoms with Crippen LogP contribution in [0.2, 0.25) is 5.02 Å². The Morgan fingerprint density at radius 2 is 1.83 bits per heavy atom. The van der Waals surface area contributed by atoms with Crippen molar-refractivity contribution < 1.29 is 9.50 Å². The first-order valence-electron chi connectivity index (χ1n) is 5.75. The van der Waals surface area contributed by atoms with Crippen molar-refractivity contribution in [2.45, 2.75) is 19.4 Å². The van der Waals surface area contributed by atoms with Gasteiger partial charge in [0.25, 0.3) is 0 Å². The molecule has 2 aromatic carbocycles. The highest BCUT2D eigenvalue weighted by Gasteiger charge is 2.13. The summed E-state index contributed by atoms with van der Waals surface area (Å²) >= 11 is 5.79. The molecule has 0 bridgehead atoms. The highest BCUT2D eigenvalue weighted by atomic mass is 35.5. The minimum atomic E-state index is -0.841. The normalized spacial score (nSPS) is 12.4. The van der Waals surface area contributed by atoms with E-state index in [9.17, 15) is 9.50 Å². The van der Waals surface area contributed by atoms with Crippen LogP contribution in [0.25, 0.3) is 0 Å². The Morgan fingerprint density at radius 1 is 1.17 bits per heavy atom. The topological polar surface area (TPSA) is 20.2 Å². The maximum Gasteiger partial charge on any atom is 0.129 e. The number of aliphatic hydroxyl groups is 1. The first-order chi connectivity index (χ1) is 8.56. The summed E-state index contributed by atoms with van der Waals surface area (Å²) in [5.74, 6) is -0.364. The third kappa shape index (κ3) is 3.09. The Morgan fingerprint density at radius 3 is 2.44 bits per heavy atom. The summed E-state index contributed by atoms with van der Waals surface area (Å²) in [5.41, 5.74) is 2.09. The van der Waals surface area contributed by atoms with Gasteiger partial charge in [-0.05, 0) is 36.2 Å². The van der Waals surface area contributed by atoms with Gasteiger partial charge < -0.3 is 5.11 Å². The molecular weight excluding hydrogens is 251 g/mol. The fourth-order valence-electron chi connectivity index (χ4n) is 1.86. The second kappa shape index (κ2) is 5.51. The molecule has 0 saturated heterocycles. The Balaban J connectivity index is 2.16. The summed E-state index contributed by atoms with van der Waals surface area (Å²) in [4.78, 5) is 0. The van der Waals surface area contributed by atoms with E-state index in [1.54, 1.807) is 24.3 Å². The molecule has 1 atom stereocenters. The molecule has 0 radical (unpaired) electrons. The van der Waals surface area contributed by atoms with Crippen LogP contribution >= 0.6 is 11.6 Å². The first-order valence-corrected chi connectivity index (χ1v) is 6.12. The maximum absolute atomic E-state index is 13.7. The average molecular weight is 265 g/mol. The second-order valence-electron chi connectivity index (χ2n) is 4.37. The third-order valence-electron chi connectivity index (χ3n) is 2.86. The molecule has 1 nitrogen and oxygen atoms in total. The lowest BCUT2D eigenvalue weighted by Crippen LogP contribution is -2.04. The van der Waals surface area contributed by atoms with Gasteiger partial charge in [0.1, 0.15) is 5.82 Å². The van der Waals surface area contributed by atoms with Crippen LogP contribution < -0.4 is 0 Å². The zero-order valence-electron chi connectivity index (χ0n) is 10.0. The zero-order chi connectivity index (χ0) is 13.1. The average Bonchev–Trinajstić information content (AvgIpc) is 2.32. The number of aliphatic hydroxyl groups excluding tert-OH is 1. The van der Waals surface area contributed by atoms with Crippen LogP contribution in [0.4, 0.5) is 4.39 Å². The SMILES string of the molecule is Cc1ccc(C(O)Cc2ccc(Cl)cc2)c(F)c1. The van der Waals surface area contributed by atoms with Crippen LogP contribution in [0.15, 0.2) is 42.5 Å². The van der Waals surface area contributed by atoms with Crippen LogP contribution in [0.3, 0.4) is 0 Å². The van der Waals surface area contributed by atoms with Crippen LogP contribution in [-0.2, 0) is 6.42 Å². The van der Waals surface area contributed by atoms with Crippen LogP contribution in [0.5, 0.6) is 0 Å². The molecule has 18 heavy (non-hydrogen) atoms. The predicted octanol–water partition coefficient (Wildman–Crippen LogP) is 4.06. The van der Waals surface area contributed by atoms with E-state index in [4.69, 9.17) is 11.6 Å². The van der Waals surface area contributed by atoms with Crippen molar-refractivity contribution in [3.05, 3.63) is 70.0 Å². The van der Waals surface area contributed by atoms with Gasteiger partial charge in [-0.2, -0.15) is 0 Å². The van der Waals surface area contributed by atoms with Crippen LogP contribution in [0.1, 0.15) is 22.8 Å². The summed E-state index contributed by atoms with van der Waals surface area (Å²) in [7, 11) is 0. The largest absolute Gasteiger partial charge is 0.388 e. The van der Waals surface area contributed by atoms with Crippen LogP contribution in [-0.4, -0.2) is 5.11 Å². The fourth-order valence-corrected chi connectivity index (χ4v) is 1.98. The van der Waals surface area contributed by atoms with E-state index < -0.39 is 6.10 Å². The smallest absolute Gasteiger partial charge is 0.129 e. The quantitative estimate of drug-likeness (QED) is 0.886. The fraction of sp³-hybridized carbons (Fsp3) is 0.200. The lowest BCUT2D eigenvalue weighted by atomic mass is 10.00. The summed E-state index contributed by atoms with van der Waals surface area (Å²) in [5, 5.41) is 10.7. The highest BCUT2D eigenvalue weighted by molar-refractivity contribution is 6.30. The van der Waals surface area contributed by atoms with Gasteiger partial charge in [0, 0.05) is 17.0 Å². The number of rotatable bonds is 3. The number of hydrogen-bond donors (Lipinski definition) is 1. The van der Waals surface area contributed by atoms with Crippen molar-refractivity contribution >= 4 is 11.6 Å². The van der Waals surface area contributed by atoms with Gasteiger partial charge in [0.05, 0.1) is 6.10 Å². The lowest BCUT2D eigenvalue weighted by molar-refractivity contribution is 0.173. The van der Waals surface area contributed by atoms with Gasteiger partial charge in [-0.1, -0.05) is 35.9 Å². The summed E-state index contributed by atoms with van der Waals surface area (Å²) in [6.45, 7) is 1.82. The monoisotopic (exact) mass is 264 g/mol. The Labute approximate surface area is 111 Å². The van der Waals surface area contributed by atoms with Crippen molar-refractivity contribution in [1.29, 1.82) is 0 Å². The number of halogens is 2. The third-order valence-corrected chi connectivity index (χ3v) is 3.11. The molecule has 3 heteroatoms. The van der Waals surface area contributed by atoms with E-state index >= 15 is 0 Å². The maximum atomic E-state index is 13.7. The number of aryl methyl sites for hydroxylation is 1. The molecule has 0 fully saturated rings. The lowest BCUT2D eigenvalue weighted by Gasteiger charge is -2.12. The van der Waals surface area contributed by atoms with Gasteiger partial charge in [-0.15, -0.1) is 0 Å². The number of benzene rings is 2. The molecule has 0 amide bonds. The molecule has 0 spiro atoms. The van der Waals surface area contributed by atoms with E-state index in [-0.39, 0.29) is 5.82 Å². The van der Waals surface area contributed by atoms with E-state index in [0.29, 0.717) is 17.0 Å². The molecule has 0 aliphatic heterocycles. The Hall–Kier alpha value is -1.38. The van der Waals surface area contributed by atoms with Gasteiger partial charge in [-0.25, -0.2) is 4.39 Å². The van der Waals surface area contributed by atoms with Crippen molar-refractivity contribution in [3.8, 4) is 0 Å². The molecule has 2 rings (SSSR count). The standard InChI is InChI=1S/C15H14ClFO/c1-10-2-7-13(14(17)8-10)15(18)9-11-3-5-12(16)6-4-11/h2-8,15,18H,9H2,1H3. The molecule has 1 N–H and O–H groups in total. The minimum absolute atomic E-state index is 0.329.